The number of halogens is 2. The first-order valence-corrected chi connectivity index (χ1v) is 3.91. The maximum atomic E-state index is 13.1. The van der Waals surface area contributed by atoms with Gasteiger partial charge in [-0.25, -0.2) is 4.39 Å². The highest BCUT2D eigenvalue weighted by Gasteiger charge is 2.08. The van der Waals surface area contributed by atoms with Gasteiger partial charge in [-0.05, 0) is 24.6 Å². The molecule has 1 aromatic rings. The number of hydrogen-bond acceptors (Lipinski definition) is 1. The van der Waals surface area contributed by atoms with Gasteiger partial charge in [-0.15, -0.1) is 0 Å². The second-order valence-electron chi connectivity index (χ2n) is 2.75. The van der Waals surface area contributed by atoms with E-state index < -0.39 is 18.4 Å². The van der Waals surface area contributed by atoms with E-state index in [1.165, 1.54) is 19.2 Å². The highest BCUT2D eigenvalue weighted by Crippen LogP contribution is 2.22. The zero-order chi connectivity index (χ0) is 9.84. The van der Waals surface area contributed by atoms with Crippen molar-refractivity contribution in [2.45, 2.75) is 5.92 Å². The van der Waals surface area contributed by atoms with Crippen molar-refractivity contribution in [1.82, 2.24) is 0 Å². The Morgan fingerprint density at radius 2 is 2.23 bits per heavy atom. The summed E-state index contributed by atoms with van der Waals surface area (Å²) in [4.78, 5) is 0. The molecular formula is C10H11F2O. The van der Waals surface area contributed by atoms with Crippen molar-refractivity contribution in [2.75, 3.05) is 13.8 Å². The molecule has 1 unspecified atom stereocenters. The summed E-state index contributed by atoms with van der Waals surface area (Å²) >= 11 is 0. The molecule has 0 aliphatic heterocycles. The Bertz CT molecular complexity index is 286. The van der Waals surface area contributed by atoms with Crippen LogP contribution in [0.15, 0.2) is 18.2 Å². The van der Waals surface area contributed by atoms with E-state index in [1.807, 2.05) is 0 Å². The maximum Gasteiger partial charge on any atom is 0.165 e. The molecule has 0 aromatic heterocycles. The van der Waals surface area contributed by atoms with E-state index in [1.54, 1.807) is 6.07 Å². The normalized spacial score (nSPS) is 12.6. The molecule has 0 aliphatic carbocycles. The predicted molar refractivity (Wildman–Crippen MR) is 47.0 cm³/mol. The molecule has 0 aliphatic rings. The summed E-state index contributed by atoms with van der Waals surface area (Å²) in [6, 6.07) is 4.33. The van der Waals surface area contributed by atoms with Gasteiger partial charge in [-0.3, -0.25) is 4.39 Å². The largest absolute Gasteiger partial charge is 0.494 e. The van der Waals surface area contributed by atoms with Crippen LogP contribution in [0.1, 0.15) is 11.5 Å². The average Bonchev–Trinajstić information content (AvgIpc) is 2.16. The van der Waals surface area contributed by atoms with Crippen LogP contribution in [0.4, 0.5) is 8.78 Å². The summed E-state index contributed by atoms with van der Waals surface area (Å²) in [7, 11) is 1.38. The van der Waals surface area contributed by atoms with Crippen LogP contribution < -0.4 is 4.74 Å². The lowest BCUT2D eigenvalue weighted by atomic mass is 10.0. The minimum Gasteiger partial charge on any atom is -0.494 e. The van der Waals surface area contributed by atoms with E-state index in [-0.39, 0.29) is 5.75 Å². The van der Waals surface area contributed by atoms with Crippen molar-refractivity contribution >= 4 is 0 Å². The van der Waals surface area contributed by atoms with Gasteiger partial charge in [-0.2, -0.15) is 0 Å². The fraction of sp³-hybridized carbons (Fsp3) is 0.300. The fourth-order valence-corrected chi connectivity index (χ4v) is 1.03. The van der Waals surface area contributed by atoms with Crippen molar-refractivity contribution in [2.24, 2.45) is 0 Å². The van der Waals surface area contributed by atoms with Crippen LogP contribution in [0.25, 0.3) is 0 Å². The van der Waals surface area contributed by atoms with Crippen LogP contribution in [-0.2, 0) is 0 Å². The Kier molecular flexibility index (Phi) is 3.23. The monoisotopic (exact) mass is 185 g/mol. The first-order valence-electron chi connectivity index (χ1n) is 3.91. The number of ether oxygens (including phenoxy) is 1. The Morgan fingerprint density at radius 1 is 1.54 bits per heavy atom. The first kappa shape index (κ1) is 9.96. The number of methoxy groups -OCH3 is 1. The van der Waals surface area contributed by atoms with Crippen LogP contribution in [0.5, 0.6) is 5.75 Å². The Labute approximate surface area is 76.3 Å². The van der Waals surface area contributed by atoms with Gasteiger partial charge >= 0.3 is 0 Å². The number of hydrogen-bond donors (Lipinski definition) is 0. The van der Waals surface area contributed by atoms with Gasteiger partial charge in [0.15, 0.2) is 11.6 Å². The lowest BCUT2D eigenvalue weighted by Crippen LogP contribution is -1.97. The molecule has 13 heavy (non-hydrogen) atoms. The third-order valence-corrected chi connectivity index (χ3v) is 1.83. The molecule has 0 spiro atoms. The number of benzene rings is 1. The highest BCUT2D eigenvalue weighted by molar-refractivity contribution is 5.31. The summed E-state index contributed by atoms with van der Waals surface area (Å²) in [6.07, 6.45) is 0. The molecule has 1 rings (SSSR count). The van der Waals surface area contributed by atoms with E-state index in [9.17, 15) is 8.78 Å². The third-order valence-electron chi connectivity index (χ3n) is 1.83. The van der Waals surface area contributed by atoms with Crippen LogP contribution in [0.3, 0.4) is 0 Å². The minimum absolute atomic E-state index is 0.162. The molecule has 0 amide bonds. The Hall–Kier alpha value is -1.12. The molecule has 0 saturated heterocycles. The molecule has 0 bridgehead atoms. The van der Waals surface area contributed by atoms with E-state index >= 15 is 0 Å². The van der Waals surface area contributed by atoms with E-state index in [2.05, 4.69) is 6.92 Å². The van der Waals surface area contributed by atoms with E-state index in [0.717, 1.165) is 0 Å². The second kappa shape index (κ2) is 4.21. The Balaban J connectivity index is 2.95. The zero-order valence-corrected chi connectivity index (χ0v) is 7.39. The van der Waals surface area contributed by atoms with Gasteiger partial charge in [-0.1, -0.05) is 6.07 Å². The molecule has 0 N–H and O–H groups in total. The predicted octanol–water partition coefficient (Wildman–Crippen LogP) is 2.72. The van der Waals surface area contributed by atoms with Gasteiger partial charge in [0.05, 0.1) is 13.8 Å². The average molecular weight is 185 g/mol. The van der Waals surface area contributed by atoms with Crippen LogP contribution >= 0.6 is 0 Å². The summed E-state index contributed by atoms with van der Waals surface area (Å²) in [5.74, 6) is -0.836. The molecule has 1 aromatic carbocycles. The van der Waals surface area contributed by atoms with Gasteiger partial charge in [0.25, 0.3) is 0 Å². The Morgan fingerprint density at radius 3 is 2.69 bits per heavy atom. The molecular weight excluding hydrogens is 174 g/mol. The zero-order valence-electron chi connectivity index (χ0n) is 7.39. The van der Waals surface area contributed by atoms with Gasteiger partial charge in [0.1, 0.15) is 0 Å². The number of rotatable bonds is 3. The summed E-state index contributed by atoms with van der Waals surface area (Å²) in [6.45, 7) is 2.95. The molecule has 1 nitrogen and oxygen atoms in total. The van der Waals surface area contributed by atoms with Crippen LogP contribution in [0.2, 0.25) is 0 Å². The molecule has 0 saturated carbocycles. The molecule has 3 heteroatoms. The SMILES string of the molecule is [CH2]C(CF)c1ccc(OC)c(F)c1. The van der Waals surface area contributed by atoms with Crippen molar-refractivity contribution < 1.29 is 13.5 Å². The molecule has 71 valence electrons. The van der Waals surface area contributed by atoms with Gasteiger partial charge in [0, 0.05) is 5.92 Å². The van der Waals surface area contributed by atoms with Crippen molar-refractivity contribution in [3.8, 4) is 5.75 Å². The van der Waals surface area contributed by atoms with E-state index in [4.69, 9.17) is 4.74 Å². The lowest BCUT2D eigenvalue weighted by molar-refractivity contribution is 0.385. The number of alkyl halides is 1. The van der Waals surface area contributed by atoms with E-state index in [0.29, 0.717) is 5.56 Å². The van der Waals surface area contributed by atoms with Crippen molar-refractivity contribution in [3.63, 3.8) is 0 Å². The summed E-state index contributed by atoms with van der Waals surface area (Å²) in [5, 5.41) is 0. The maximum absolute atomic E-state index is 13.1. The van der Waals surface area contributed by atoms with Crippen molar-refractivity contribution in [3.05, 3.63) is 36.5 Å². The molecule has 0 heterocycles. The summed E-state index contributed by atoms with van der Waals surface area (Å²) in [5.41, 5.74) is 0.542. The standard InChI is InChI=1S/C10H11F2O/c1-7(6-11)8-3-4-10(13-2)9(12)5-8/h3-5,7H,1,6H2,2H3. The van der Waals surface area contributed by atoms with Crippen molar-refractivity contribution in [1.29, 1.82) is 0 Å². The van der Waals surface area contributed by atoms with Crippen LogP contribution in [0, 0.1) is 12.7 Å². The third kappa shape index (κ3) is 2.17. The highest BCUT2D eigenvalue weighted by atomic mass is 19.1. The smallest absolute Gasteiger partial charge is 0.165 e. The molecule has 1 atom stereocenters. The van der Waals surface area contributed by atoms with Gasteiger partial charge < -0.3 is 4.74 Å². The topological polar surface area (TPSA) is 9.23 Å². The first-order chi connectivity index (χ1) is 6.19. The summed E-state index contributed by atoms with van der Waals surface area (Å²) < 4.78 is 30.0. The molecule has 1 radical (unpaired) electrons. The van der Waals surface area contributed by atoms with Gasteiger partial charge in [0.2, 0.25) is 0 Å². The second-order valence-corrected chi connectivity index (χ2v) is 2.75. The minimum atomic E-state index is -0.591. The quantitative estimate of drug-likeness (QED) is 0.703. The lowest BCUT2D eigenvalue weighted by Gasteiger charge is -2.08. The van der Waals surface area contributed by atoms with Crippen LogP contribution in [-0.4, -0.2) is 13.8 Å². The fourth-order valence-electron chi connectivity index (χ4n) is 1.03. The molecule has 0 fully saturated rings.